The van der Waals surface area contributed by atoms with Crippen molar-refractivity contribution in [3.63, 3.8) is 0 Å². The van der Waals surface area contributed by atoms with Crippen molar-refractivity contribution in [2.45, 2.75) is 4.34 Å². The van der Waals surface area contributed by atoms with E-state index in [1.807, 2.05) is 18.2 Å². The molecule has 0 bridgehead atoms. The van der Waals surface area contributed by atoms with Gasteiger partial charge in [0.25, 0.3) is 11.8 Å². The summed E-state index contributed by atoms with van der Waals surface area (Å²) in [7, 11) is 0. The Kier molecular flexibility index (Phi) is 4.04. The number of rotatable bonds is 4. The average Bonchev–Trinajstić information content (AvgIpc) is 3.09. The first-order valence-electron chi connectivity index (χ1n) is 7.27. The van der Waals surface area contributed by atoms with Crippen molar-refractivity contribution in [3.8, 4) is 0 Å². The van der Waals surface area contributed by atoms with Crippen LogP contribution in [0.4, 0.5) is 0 Å². The van der Waals surface area contributed by atoms with Gasteiger partial charge in [-0.2, -0.15) is 0 Å². The highest BCUT2D eigenvalue weighted by atomic mass is 35.5. The Bertz CT molecular complexity index is 935. The van der Waals surface area contributed by atoms with Crippen molar-refractivity contribution in [2.24, 2.45) is 0 Å². The molecule has 2 amide bonds. The molecule has 0 atom stereocenters. The molecule has 4 nitrogen and oxygen atoms in total. The monoisotopic (exact) mass is 374 g/mol. The third-order valence-corrected chi connectivity index (χ3v) is 6.14. The van der Waals surface area contributed by atoms with Crippen LogP contribution in [0.2, 0.25) is 5.02 Å². The number of hydrogen-bond donors (Lipinski definition) is 0. The van der Waals surface area contributed by atoms with Crippen LogP contribution < -0.4 is 0 Å². The Morgan fingerprint density at radius 2 is 1.79 bits per heavy atom. The molecule has 0 fully saturated rings. The van der Waals surface area contributed by atoms with Crippen LogP contribution in [0.25, 0.3) is 10.2 Å². The molecule has 24 heavy (non-hydrogen) atoms. The minimum atomic E-state index is -0.215. The van der Waals surface area contributed by atoms with Crippen molar-refractivity contribution in [1.82, 2.24) is 9.88 Å². The molecule has 3 aromatic rings. The number of benzene rings is 2. The van der Waals surface area contributed by atoms with Crippen LogP contribution >= 0.6 is 34.7 Å². The SMILES string of the molecule is O=C1c2ccccc2C(=O)N1CCSc1nc2cc(Cl)ccc2s1. The van der Waals surface area contributed by atoms with Gasteiger partial charge in [-0.05, 0) is 30.3 Å². The topological polar surface area (TPSA) is 50.3 Å². The summed E-state index contributed by atoms with van der Waals surface area (Å²) in [6.45, 7) is 0.369. The Morgan fingerprint density at radius 3 is 2.50 bits per heavy atom. The summed E-state index contributed by atoms with van der Waals surface area (Å²) in [4.78, 5) is 30.4. The minimum Gasteiger partial charge on any atom is -0.273 e. The smallest absolute Gasteiger partial charge is 0.261 e. The molecule has 1 aromatic heterocycles. The maximum absolute atomic E-state index is 12.3. The number of carbonyl (C=O) groups is 2. The van der Waals surface area contributed by atoms with Gasteiger partial charge in [0.05, 0.1) is 21.3 Å². The number of thioether (sulfide) groups is 1. The number of carbonyl (C=O) groups excluding carboxylic acids is 2. The van der Waals surface area contributed by atoms with Gasteiger partial charge in [-0.25, -0.2) is 4.98 Å². The normalized spacial score (nSPS) is 13.8. The molecule has 0 saturated carbocycles. The van der Waals surface area contributed by atoms with Gasteiger partial charge in [-0.1, -0.05) is 35.5 Å². The first-order valence-corrected chi connectivity index (χ1v) is 9.45. The van der Waals surface area contributed by atoms with E-state index in [1.165, 1.54) is 16.7 Å². The average molecular weight is 375 g/mol. The molecular weight excluding hydrogens is 364 g/mol. The van der Waals surface area contributed by atoms with E-state index in [1.54, 1.807) is 35.6 Å². The summed E-state index contributed by atoms with van der Waals surface area (Å²) < 4.78 is 1.98. The predicted molar refractivity (Wildman–Crippen MR) is 97.2 cm³/mol. The van der Waals surface area contributed by atoms with Gasteiger partial charge in [0.2, 0.25) is 0 Å². The maximum Gasteiger partial charge on any atom is 0.261 e. The fourth-order valence-corrected chi connectivity index (χ4v) is 4.82. The Balaban J connectivity index is 1.44. The molecule has 4 rings (SSSR count). The summed E-state index contributed by atoms with van der Waals surface area (Å²) in [6, 6.07) is 12.6. The van der Waals surface area contributed by atoms with Gasteiger partial charge in [-0.15, -0.1) is 11.3 Å². The standard InChI is InChI=1S/C17H11ClN2O2S2/c18-10-5-6-14-13(9-10)19-17(24-14)23-8-7-20-15(21)11-3-1-2-4-12(11)16(20)22/h1-6,9H,7-8H2. The number of halogens is 1. The lowest BCUT2D eigenvalue weighted by Gasteiger charge is -2.12. The maximum atomic E-state index is 12.3. The van der Waals surface area contributed by atoms with Gasteiger partial charge >= 0.3 is 0 Å². The highest BCUT2D eigenvalue weighted by molar-refractivity contribution is 8.01. The summed E-state index contributed by atoms with van der Waals surface area (Å²) in [5.74, 6) is 0.179. The number of fused-ring (bicyclic) bond motifs is 2. The van der Waals surface area contributed by atoms with Gasteiger partial charge in [0, 0.05) is 17.3 Å². The van der Waals surface area contributed by atoms with Crippen LogP contribution in [0.3, 0.4) is 0 Å². The van der Waals surface area contributed by atoms with E-state index in [2.05, 4.69) is 4.98 Å². The zero-order chi connectivity index (χ0) is 16.7. The van der Waals surface area contributed by atoms with Crippen molar-refractivity contribution in [2.75, 3.05) is 12.3 Å². The lowest BCUT2D eigenvalue weighted by atomic mass is 10.1. The van der Waals surface area contributed by atoms with Crippen molar-refractivity contribution in [1.29, 1.82) is 0 Å². The number of nitrogens with zero attached hydrogens (tertiary/aromatic N) is 2. The Hall–Kier alpha value is -1.89. The molecule has 0 saturated heterocycles. The summed E-state index contributed by atoms with van der Waals surface area (Å²) in [6.07, 6.45) is 0. The second-order valence-corrected chi connectivity index (χ2v) is 8.06. The number of thiazole rings is 1. The van der Waals surface area contributed by atoms with Gasteiger partial charge < -0.3 is 0 Å². The van der Waals surface area contributed by atoms with E-state index >= 15 is 0 Å². The zero-order valence-corrected chi connectivity index (χ0v) is 14.7. The van der Waals surface area contributed by atoms with E-state index in [9.17, 15) is 9.59 Å². The summed E-state index contributed by atoms with van der Waals surface area (Å²) in [5, 5.41) is 0.662. The van der Waals surface area contributed by atoms with Crippen LogP contribution in [-0.4, -0.2) is 34.0 Å². The molecule has 120 valence electrons. The zero-order valence-electron chi connectivity index (χ0n) is 12.4. The van der Waals surface area contributed by atoms with Crippen LogP contribution in [0.15, 0.2) is 46.8 Å². The van der Waals surface area contributed by atoms with Crippen LogP contribution in [-0.2, 0) is 0 Å². The van der Waals surface area contributed by atoms with Crippen molar-refractivity contribution < 1.29 is 9.59 Å². The highest BCUT2D eigenvalue weighted by Crippen LogP contribution is 2.31. The highest BCUT2D eigenvalue weighted by Gasteiger charge is 2.34. The second kappa shape index (κ2) is 6.20. The first-order chi connectivity index (χ1) is 11.6. The Labute approximate surface area is 151 Å². The van der Waals surface area contributed by atoms with E-state index in [0.29, 0.717) is 28.4 Å². The molecule has 7 heteroatoms. The number of amides is 2. The van der Waals surface area contributed by atoms with Crippen LogP contribution in [0, 0.1) is 0 Å². The molecule has 1 aliphatic rings. The summed E-state index contributed by atoms with van der Waals surface area (Å²) >= 11 is 9.09. The number of imide groups is 1. The van der Waals surface area contributed by atoms with E-state index < -0.39 is 0 Å². The van der Waals surface area contributed by atoms with Crippen molar-refractivity contribution >= 4 is 56.7 Å². The van der Waals surface area contributed by atoms with E-state index in [4.69, 9.17) is 11.6 Å². The molecule has 2 heterocycles. The molecule has 0 N–H and O–H groups in total. The molecule has 2 aromatic carbocycles. The van der Waals surface area contributed by atoms with Crippen LogP contribution in [0.5, 0.6) is 0 Å². The Morgan fingerprint density at radius 1 is 1.08 bits per heavy atom. The lowest BCUT2D eigenvalue weighted by Crippen LogP contribution is -2.31. The second-order valence-electron chi connectivity index (χ2n) is 5.25. The van der Waals surface area contributed by atoms with Gasteiger partial charge in [-0.3, -0.25) is 14.5 Å². The van der Waals surface area contributed by atoms with Gasteiger partial charge in [0.1, 0.15) is 0 Å². The number of hydrogen-bond acceptors (Lipinski definition) is 5. The molecule has 0 unspecified atom stereocenters. The fourth-order valence-electron chi connectivity index (χ4n) is 2.61. The van der Waals surface area contributed by atoms with Crippen molar-refractivity contribution in [3.05, 3.63) is 58.6 Å². The molecule has 1 aliphatic heterocycles. The third-order valence-electron chi connectivity index (χ3n) is 3.75. The molecule has 0 spiro atoms. The summed E-state index contributed by atoms with van der Waals surface area (Å²) in [5.41, 5.74) is 1.85. The van der Waals surface area contributed by atoms with Gasteiger partial charge in [0.15, 0.2) is 4.34 Å². The lowest BCUT2D eigenvalue weighted by molar-refractivity contribution is 0.0664. The van der Waals surface area contributed by atoms with E-state index in [-0.39, 0.29) is 11.8 Å². The fraction of sp³-hybridized carbons (Fsp3) is 0.118. The largest absolute Gasteiger partial charge is 0.273 e. The minimum absolute atomic E-state index is 0.215. The molecule has 0 radical (unpaired) electrons. The van der Waals surface area contributed by atoms with E-state index in [0.717, 1.165) is 14.6 Å². The quantitative estimate of drug-likeness (QED) is 0.503. The molecular formula is C17H11ClN2O2S2. The third kappa shape index (κ3) is 2.70. The van der Waals surface area contributed by atoms with Crippen LogP contribution in [0.1, 0.15) is 20.7 Å². The molecule has 0 aliphatic carbocycles. The number of aromatic nitrogens is 1. The predicted octanol–water partition coefficient (Wildman–Crippen LogP) is 4.34. The first kappa shape index (κ1) is 15.6.